The van der Waals surface area contributed by atoms with Crippen LogP contribution in [0.2, 0.25) is 0 Å². The zero-order valence-electron chi connectivity index (χ0n) is 13.9. The molecule has 0 atom stereocenters. The summed E-state index contributed by atoms with van der Waals surface area (Å²) in [5.74, 6) is -1.43. The first-order valence-corrected chi connectivity index (χ1v) is 8.69. The van der Waals surface area contributed by atoms with Crippen LogP contribution in [0.5, 0.6) is 0 Å². The van der Waals surface area contributed by atoms with Crippen LogP contribution in [0.1, 0.15) is 16.1 Å². The van der Waals surface area contributed by atoms with E-state index in [0.717, 1.165) is 4.47 Å². The maximum absolute atomic E-state index is 13.1. The molecule has 0 bridgehead atoms. The normalized spacial score (nSPS) is 11.1. The summed E-state index contributed by atoms with van der Waals surface area (Å²) in [6.07, 6.45) is 2.81. The van der Waals surface area contributed by atoms with E-state index < -0.39 is 17.6 Å². The standard InChI is InChI=1S/C20H14BrFN2O3/c21-14-5-9-16(10-6-14)23-19(25)17(12-13-3-7-15(22)8-4-13)24-20(26)18-2-1-11-27-18/h1-12H,(H,23,25)(H,24,26)/b17-12-. The molecule has 2 N–H and O–H groups in total. The van der Waals surface area contributed by atoms with Gasteiger partial charge in [0.2, 0.25) is 0 Å². The monoisotopic (exact) mass is 428 g/mol. The summed E-state index contributed by atoms with van der Waals surface area (Å²) in [6.45, 7) is 0. The van der Waals surface area contributed by atoms with Crippen molar-refractivity contribution in [2.75, 3.05) is 5.32 Å². The van der Waals surface area contributed by atoms with Crippen molar-refractivity contribution in [3.63, 3.8) is 0 Å². The zero-order chi connectivity index (χ0) is 19.2. The Kier molecular flexibility index (Phi) is 5.83. The molecule has 1 aromatic heterocycles. The van der Waals surface area contributed by atoms with Gasteiger partial charge in [-0.2, -0.15) is 0 Å². The topological polar surface area (TPSA) is 71.3 Å². The minimum atomic E-state index is -0.570. The van der Waals surface area contributed by atoms with Gasteiger partial charge in [0.05, 0.1) is 6.26 Å². The van der Waals surface area contributed by atoms with Crippen molar-refractivity contribution >= 4 is 39.5 Å². The highest BCUT2D eigenvalue weighted by atomic mass is 79.9. The minimum absolute atomic E-state index is 0.00840. The molecule has 0 aliphatic heterocycles. The molecule has 2 amide bonds. The van der Waals surface area contributed by atoms with Crippen LogP contribution in [0.15, 0.2) is 81.5 Å². The molecule has 0 unspecified atom stereocenters. The lowest BCUT2D eigenvalue weighted by atomic mass is 10.1. The second-order valence-electron chi connectivity index (χ2n) is 5.50. The molecule has 7 heteroatoms. The first-order chi connectivity index (χ1) is 13.0. The van der Waals surface area contributed by atoms with E-state index in [2.05, 4.69) is 26.6 Å². The molecule has 136 valence electrons. The molecule has 27 heavy (non-hydrogen) atoms. The number of anilines is 1. The van der Waals surface area contributed by atoms with Crippen molar-refractivity contribution in [1.29, 1.82) is 0 Å². The summed E-state index contributed by atoms with van der Waals surface area (Å²) in [4.78, 5) is 24.9. The average molecular weight is 429 g/mol. The number of furan rings is 1. The summed E-state index contributed by atoms with van der Waals surface area (Å²) >= 11 is 3.32. The molecular formula is C20H14BrFN2O3. The highest BCUT2D eigenvalue weighted by molar-refractivity contribution is 9.10. The molecule has 5 nitrogen and oxygen atoms in total. The molecule has 0 spiro atoms. The SMILES string of the molecule is O=C(Nc1ccc(Br)cc1)/C(=C/c1ccc(F)cc1)NC(=O)c1ccco1. The van der Waals surface area contributed by atoms with Gasteiger partial charge in [-0.25, -0.2) is 4.39 Å². The van der Waals surface area contributed by atoms with Crippen LogP contribution < -0.4 is 10.6 Å². The van der Waals surface area contributed by atoms with Crippen molar-refractivity contribution < 1.29 is 18.4 Å². The van der Waals surface area contributed by atoms with Crippen molar-refractivity contribution in [2.24, 2.45) is 0 Å². The number of hydrogen-bond donors (Lipinski definition) is 2. The van der Waals surface area contributed by atoms with Crippen LogP contribution in [0, 0.1) is 5.82 Å². The lowest BCUT2D eigenvalue weighted by molar-refractivity contribution is -0.113. The van der Waals surface area contributed by atoms with Crippen LogP contribution in [0.25, 0.3) is 6.08 Å². The van der Waals surface area contributed by atoms with Crippen LogP contribution in [-0.2, 0) is 4.79 Å². The van der Waals surface area contributed by atoms with E-state index in [4.69, 9.17) is 4.42 Å². The number of benzene rings is 2. The van der Waals surface area contributed by atoms with Gasteiger partial charge in [-0.1, -0.05) is 28.1 Å². The van der Waals surface area contributed by atoms with Gasteiger partial charge in [0, 0.05) is 10.2 Å². The number of halogens is 2. The van der Waals surface area contributed by atoms with Crippen LogP contribution in [0.3, 0.4) is 0 Å². The third kappa shape index (κ3) is 5.15. The third-order valence-electron chi connectivity index (χ3n) is 3.52. The van der Waals surface area contributed by atoms with E-state index in [1.54, 1.807) is 30.3 Å². The van der Waals surface area contributed by atoms with E-state index in [1.807, 2.05) is 0 Å². The third-order valence-corrected chi connectivity index (χ3v) is 4.05. The second kappa shape index (κ2) is 8.46. The summed E-state index contributed by atoms with van der Waals surface area (Å²) in [7, 11) is 0. The Morgan fingerprint density at radius 2 is 1.70 bits per heavy atom. The number of carbonyl (C=O) groups is 2. The smallest absolute Gasteiger partial charge is 0.291 e. The number of amides is 2. The quantitative estimate of drug-likeness (QED) is 0.583. The van der Waals surface area contributed by atoms with Gasteiger partial charge in [-0.3, -0.25) is 9.59 Å². The molecule has 0 saturated heterocycles. The fourth-order valence-corrected chi connectivity index (χ4v) is 2.47. The molecule has 2 aromatic carbocycles. The predicted octanol–water partition coefficient (Wildman–Crippen LogP) is 4.59. The highest BCUT2D eigenvalue weighted by Crippen LogP contribution is 2.16. The highest BCUT2D eigenvalue weighted by Gasteiger charge is 2.16. The molecule has 3 aromatic rings. The Balaban J connectivity index is 1.85. The Bertz CT molecular complexity index is 965. The summed E-state index contributed by atoms with van der Waals surface area (Å²) < 4.78 is 19.0. The average Bonchev–Trinajstić information content (AvgIpc) is 3.19. The van der Waals surface area contributed by atoms with Crippen molar-refractivity contribution in [3.8, 4) is 0 Å². The van der Waals surface area contributed by atoms with Crippen LogP contribution >= 0.6 is 15.9 Å². The molecule has 0 aliphatic carbocycles. The van der Waals surface area contributed by atoms with Crippen molar-refractivity contribution in [1.82, 2.24) is 5.32 Å². The molecule has 3 rings (SSSR count). The Labute approximate surface area is 163 Å². The number of rotatable bonds is 5. The summed E-state index contributed by atoms with van der Waals surface area (Å²) in [5.41, 5.74) is 1.10. The van der Waals surface area contributed by atoms with Crippen molar-refractivity contribution in [2.45, 2.75) is 0 Å². The van der Waals surface area contributed by atoms with Gasteiger partial charge in [0.15, 0.2) is 5.76 Å². The molecular weight excluding hydrogens is 415 g/mol. The van der Waals surface area contributed by atoms with Crippen LogP contribution in [0.4, 0.5) is 10.1 Å². The Morgan fingerprint density at radius 3 is 2.33 bits per heavy atom. The maximum atomic E-state index is 13.1. The number of carbonyl (C=O) groups excluding carboxylic acids is 2. The van der Waals surface area contributed by atoms with Gasteiger partial charge in [0.1, 0.15) is 11.5 Å². The molecule has 1 heterocycles. The summed E-state index contributed by atoms with van der Waals surface area (Å²) in [5, 5.41) is 5.23. The lowest BCUT2D eigenvalue weighted by Gasteiger charge is -2.10. The van der Waals surface area contributed by atoms with E-state index >= 15 is 0 Å². The first kappa shape index (κ1) is 18.6. The fourth-order valence-electron chi connectivity index (χ4n) is 2.21. The first-order valence-electron chi connectivity index (χ1n) is 7.90. The molecule has 0 saturated carbocycles. The van der Waals surface area contributed by atoms with Crippen LogP contribution in [-0.4, -0.2) is 11.8 Å². The maximum Gasteiger partial charge on any atom is 0.291 e. The van der Waals surface area contributed by atoms with Gasteiger partial charge in [-0.15, -0.1) is 0 Å². The lowest BCUT2D eigenvalue weighted by Crippen LogP contribution is -2.30. The second-order valence-corrected chi connectivity index (χ2v) is 6.42. The minimum Gasteiger partial charge on any atom is -0.459 e. The molecule has 0 fully saturated rings. The van der Waals surface area contributed by atoms with E-state index in [-0.39, 0.29) is 11.5 Å². The van der Waals surface area contributed by atoms with E-state index in [1.165, 1.54) is 42.7 Å². The van der Waals surface area contributed by atoms with Gasteiger partial charge in [0.25, 0.3) is 11.8 Å². The molecule has 0 radical (unpaired) electrons. The van der Waals surface area contributed by atoms with Gasteiger partial charge in [-0.05, 0) is 60.2 Å². The number of nitrogens with one attached hydrogen (secondary N) is 2. The van der Waals surface area contributed by atoms with Gasteiger partial charge < -0.3 is 15.1 Å². The van der Waals surface area contributed by atoms with Gasteiger partial charge >= 0.3 is 0 Å². The van der Waals surface area contributed by atoms with E-state index in [9.17, 15) is 14.0 Å². The predicted molar refractivity (Wildman–Crippen MR) is 103 cm³/mol. The number of hydrogen-bond acceptors (Lipinski definition) is 3. The zero-order valence-corrected chi connectivity index (χ0v) is 15.5. The largest absolute Gasteiger partial charge is 0.459 e. The Hall–Kier alpha value is -3.19. The molecule has 0 aliphatic rings. The summed E-state index contributed by atoms with van der Waals surface area (Å²) in [6, 6.07) is 15.6. The Morgan fingerprint density at radius 1 is 1.00 bits per heavy atom. The van der Waals surface area contributed by atoms with E-state index in [0.29, 0.717) is 11.3 Å². The van der Waals surface area contributed by atoms with Crippen molar-refractivity contribution in [3.05, 3.63) is 94.2 Å². The fraction of sp³-hybridized carbons (Fsp3) is 0.